The Labute approximate surface area is 183 Å². The minimum atomic E-state index is -2.96. The number of benzene rings is 1. The van der Waals surface area contributed by atoms with Gasteiger partial charge in [0.15, 0.2) is 5.96 Å². The van der Waals surface area contributed by atoms with Gasteiger partial charge < -0.3 is 15.4 Å². The van der Waals surface area contributed by atoms with Gasteiger partial charge in [-0.2, -0.15) is 0 Å². The first-order chi connectivity index (χ1) is 14.1. The molecule has 2 N–H and O–H groups in total. The van der Waals surface area contributed by atoms with Crippen molar-refractivity contribution in [3.05, 3.63) is 29.3 Å². The largest absolute Gasteiger partial charge is 0.493 e. The van der Waals surface area contributed by atoms with Gasteiger partial charge in [0.2, 0.25) is 0 Å². The topological polar surface area (TPSA) is 79.8 Å². The van der Waals surface area contributed by atoms with E-state index in [0.29, 0.717) is 25.5 Å². The molecule has 1 aromatic rings. The molecule has 0 amide bonds. The van der Waals surface area contributed by atoms with Crippen LogP contribution in [0.4, 0.5) is 0 Å². The van der Waals surface area contributed by atoms with Crippen molar-refractivity contribution in [1.29, 1.82) is 0 Å². The SMILES string of the molecule is CCCCCCOc1cc(C)ccc1CNC(=NC)NCC(C)(C)CCS(C)(=O)=O. The third kappa shape index (κ3) is 11.4. The number of ether oxygens (including phenoxy) is 1. The van der Waals surface area contributed by atoms with Crippen molar-refractivity contribution >= 4 is 15.8 Å². The molecule has 0 aliphatic heterocycles. The van der Waals surface area contributed by atoms with Gasteiger partial charge in [-0.3, -0.25) is 4.99 Å². The van der Waals surface area contributed by atoms with Crippen LogP contribution in [0.15, 0.2) is 23.2 Å². The van der Waals surface area contributed by atoms with E-state index in [4.69, 9.17) is 4.74 Å². The summed E-state index contributed by atoms with van der Waals surface area (Å²) >= 11 is 0. The lowest BCUT2D eigenvalue weighted by Crippen LogP contribution is -2.42. The summed E-state index contributed by atoms with van der Waals surface area (Å²) in [7, 11) is -1.22. The van der Waals surface area contributed by atoms with E-state index in [1.807, 2.05) is 0 Å². The first-order valence-corrected chi connectivity index (χ1v) is 13.0. The molecule has 0 aliphatic rings. The Bertz CT molecular complexity index is 774. The molecule has 0 spiro atoms. The molecular formula is C23H41N3O3S. The highest BCUT2D eigenvalue weighted by Gasteiger charge is 2.20. The van der Waals surface area contributed by atoms with E-state index in [1.165, 1.54) is 31.1 Å². The van der Waals surface area contributed by atoms with Crippen LogP contribution in [0.25, 0.3) is 0 Å². The first-order valence-electron chi connectivity index (χ1n) is 10.9. The van der Waals surface area contributed by atoms with Crippen molar-refractivity contribution < 1.29 is 13.2 Å². The Morgan fingerprint density at radius 1 is 1.17 bits per heavy atom. The van der Waals surface area contributed by atoms with Crippen LogP contribution in [-0.4, -0.2) is 46.6 Å². The second kappa shape index (κ2) is 12.8. The minimum absolute atomic E-state index is 0.155. The zero-order valence-corrected chi connectivity index (χ0v) is 20.5. The van der Waals surface area contributed by atoms with Crippen molar-refractivity contribution in [2.24, 2.45) is 10.4 Å². The van der Waals surface area contributed by atoms with Gasteiger partial charge in [-0.25, -0.2) is 8.42 Å². The number of nitrogens with one attached hydrogen (secondary N) is 2. The number of rotatable bonds is 13. The molecule has 0 atom stereocenters. The molecular weight excluding hydrogens is 398 g/mol. The average Bonchev–Trinajstić information content (AvgIpc) is 2.67. The van der Waals surface area contributed by atoms with Crippen LogP contribution in [0.5, 0.6) is 5.75 Å². The monoisotopic (exact) mass is 439 g/mol. The Morgan fingerprint density at radius 2 is 1.90 bits per heavy atom. The van der Waals surface area contributed by atoms with Gasteiger partial charge in [0, 0.05) is 32.0 Å². The standard InChI is InChI=1S/C23H41N3O3S/c1-7-8-9-10-14-29-21-16-19(2)11-12-20(21)17-25-22(24-5)26-18-23(3,4)13-15-30(6,27)28/h11-12,16H,7-10,13-15,17-18H2,1-6H3,(H2,24,25,26). The summed E-state index contributed by atoms with van der Waals surface area (Å²) in [5, 5.41) is 6.66. The zero-order valence-electron chi connectivity index (χ0n) is 19.7. The predicted molar refractivity (Wildman–Crippen MR) is 127 cm³/mol. The molecule has 0 saturated heterocycles. The maximum absolute atomic E-state index is 11.4. The summed E-state index contributed by atoms with van der Waals surface area (Å²) in [6, 6.07) is 6.26. The van der Waals surface area contributed by atoms with E-state index in [-0.39, 0.29) is 11.2 Å². The molecule has 0 unspecified atom stereocenters. The Morgan fingerprint density at radius 3 is 2.53 bits per heavy atom. The highest BCUT2D eigenvalue weighted by Crippen LogP contribution is 2.21. The van der Waals surface area contributed by atoms with Crippen LogP contribution < -0.4 is 15.4 Å². The summed E-state index contributed by atoms with van der Waals surface area (Å²) in [5.74, 6) is 1.80. The molecule has 0 aromatic heterocycles. The van der Waals surface area contributed by atoms with Crippen LogP contribution in [0, 0.1) is 12.3 Å². The van der Waals surface area contributed by atoms with E-state index in [0.717, 1.165) is 24.3 Å². The Kier molecular flexibility index (Phi) is 11.2. The number of aliphatic imine (C=N–C) groups is 1. The number of hydrogen-bond donors (Lipinski definition) is 2. The number of unbranched alkanes of at least 4 members (excludes halogenated alkanes) is 3. The minimum Gasteiger partial charge on any atom is -0.493 e. The molecule has 0 fully saturated rings. The molecule has 0 heterocycles. The predicted octanol–water partition coefficient (Wildman–Crippen LogP) is 4.08. The normalized spacial score (nSPS) is 12.7. The molecule has 0 saturated carbocycles. The van der Waals surface area contributed by atoms with Crippen LogP contribution in [0.2, 0.25) is 0 Å². The fraction of sp³-hybridized carbons (Fsp3) is 0.696. The number of sulfone groups is 1. The lowest BCUT2D eigenvalue weighted by atomic mass is 9.90. The van der Waals surface area contributed by atoms with Crippen LogP contribution >= 0.6 is 0 Å². The van der Waals surface area contributed by atoms with Gasteiger partial charge in [-0.1, -0.05) is 52.2 Å². The fourth-order valence-corrected chi connectivity index (χ4v) is 3.85. The van der Waals surface area contributed by atoms with Crippen LogP contribution in [-0.2, 0) is 16.4 Å². The molecule has 172 valence electrons. The molecule has 0 aliphatic carbocycles. The fourth-order valence-electron chi connectivity index (χ4n) is 2.93. The molecule has 7 heteroatoms. The maximum atomic E-state index is 11.4. The first kappa shape index (κ1) is 26.3. The lowest BCUT2D eigenvalue weighted by molar-refractivity contribution is 0.301. The van der Waals surface area contributed by atoms with Crippen molar-refractivity contribution in [3.63, 3.8) is 0 Å². The molecule has 0 bridgehead atoms. The Hall–Kier alpha value is -1.76. The number of nitrogens with zero attached hydrogens (tertiary/aromatic N) is 1. The smallest absolute Gasteiger partial charge is 0.191 e. The highest BCUT2D eigenvalue weighted by atomic mass is 32.2. The van der Waals surface area contributed by atoms with Crippen molar-refractivity contribution in [1.82, 2.24) is 10.6 Å². The van der Waals surface area contributed by atoms with Gasteiger partial charge in [-0.05, 0) is 36.8 Å². The van der Waals surface area contributed by atoms with Gasteiger partial charge in [-0.15, -0.1) is 0 Å². The maximum Gasteiger partial charge on any atom is 0.191 e. The molecule has 1 aromatic carbocycles. The van der Waals surface area contributed by atoms with Crippen LogP contribution in [0.1, 0.15) is 64.0 Å². The second-order valence-corrected chi connectivity index (χ2v) is 11.1. The summed E-state index contributed by atoms with van der Waals surface area (Å²) in [4.78, 5) is 4.29. The summed E-state index contributed by atoms with van der Waals surface area (Å²) < 4.78 is 28.9. The number of aryl methyl sites for hydroxylation is 1. The third-order valence-corrected chi connectivity index (χ3v) is 5.98. The molecule has 30 heavy (non-hydrogen) atoms. The van der Waals surface area contributed by atoms with E-state index < -0.39 is 9.84 Å². The summed E-state index contributed by atoms with van der Waals surface area (Å²) in [6.07, 6.45) is 6.61. The second-order valence-electron chi connectivity index (χ2n) is 8.84. The summed E-state index contributed by atoms with van der Waals surface area (Å²) in [5.41, 5.74) is 2.12. The third-order valence-electron chi connectivity index (χ3n) is 5.03. The zero-order chi connectivity index (χ0) is 22.6. The van der Waals surface area contributed by atoms with E-state index in [2.05, 4.69) is 61.5 Å². The van der Waals surface area contributed by atoms with Gasteiger partial charge >= 0.3 is 0 Å². The van der Waals surface area contributed by atoms with Crippen molar-refractivity contribution in [2.45, 2.75) is 66.3 Å². The number of hydrogen-bond acceptors (Lipinski definition) is 4. The summed E-state index contributed by atoms with van der Waals surface area (Å²) in [6.45, 7) is 10.4. The van der Waals surface area contributed by atoms with Crippen LogP contribution in [0.3, 0.4) is 0 Å². The molecule has 0 radical (unpaired) electrons. The van der Waals surface area contributed by atoms with E-state index in [1.54, 1.807) is 7.05 Å². The van der Waals surface area contributed by atoms with Gasteiger partial charge in [0.05, 0.1) is 12.4 Å². The average molecular weight is 440 g/mol. The van der Waals surface area contributed by atoms with Crippen molar-refractivity contribution in [3.8, 4) is 5.75 Å². The van der Waals surface area contributed by atoms with E-state index in [9.17, 15) is 8.42 Å². The van der Waals surface area contributed by atoms with Gasteiger partial charge in [0.25, 0.3) is 0 Å². The van der Waals surface area contributed by atoms with Crippen molar-refractivity contribution in [2.75, 3.05) is 32.2 Å². The lowest BCUT2D eigenvalue weighted by Gasteiger charge is -2.26. The Balaban J connectivity index is 2.59. The van der Waals surface area contributed by atoms with E-state index >= 15 is 0 Å². The van der Waals surface area contributed by atoms with Gasteiger partial charge in [0.1, 0.15) is 15.6 Å². The highest BCUT2D eigenvalue weighted by molar-refractivity contribution is 7.90. The quantitative estimate of drug-likeness (QED) is 0.275. The molecule has 1 rings (SSSR count). The number of guanidine groups is 1. The molecule has 6 nitrogen and oxygen atoms in total.